The fourth-order valence-electron chi connectivity index (χ4n) is 2.70. The molecule has 0 amide bonds. The molecule has 2 heterocycles. The number of likely N-dealkylation sites (tertiary alicyclic amines) is 1. The van der Waals surface area contributed by atoms with E-state index in [0.717, 1.165) is 30.6 Å². The number of rotatable bonds is 4. The van der Waals surface area contributed by atoms with Gasteiger partial charge in [-0.2, -0.15) is 0 Å². The molecule has 0 radical (unpaired) electrons. The van der Waals surface area contributed by atoms with E-state index in [1.54, 1.807) is 7.11 Å². The summed E-state index contributed by atoms with van der Waals surface area (Å²) < 4.78 is 5.44. The van der Waals surface area contributed by atoms with E-state index in [9.17, 15) is 0 Å². The van der Waals surface area contributed by atoms with Crippen LogP contribution < -0.4 is 5.73 Å². The Labute approximate surface area is 130 Å². The van der Waals surface area contributed by atoms with Crippen molar-refractivity contribution in [2.45, 2.75) is 38.5 Å². The minimum Gasteiger partial charge on any atom is -0.381 e. The summed E-state index contributed by atoms with van der Waals surface area (Å²) >= 11 is 12.5. The highest BCUT2D eigenvalue weighted by Gasteiger charge is 2.28. The zero-order valence-corrected chi connectivity index (χ0v) is 13.4. The third kappa shape index (κ3) is 3.62. The van der Waals surface area contributed by atoms with E-state index >= 15 is 0 Å². The zero-order chi connectivity index (χ0) is 14.7. The minimum atomic E-state index is 0.293. The van der Waals surface area contributed by atoms with Crippen molar-refractivity contribution in [2.24, 2.45) is 5.73 Å². The molecule has 2 unspecified atom stereocenters. The fraction of sp³-hybridized carbons (Fsp3) is 0.643. The standard InChI is InChI=1S/C14H21Cl2N3O/c1-9-5-13(15)12(14(16)18-9)8-19-4-3-11(20-2)6-10(19)7-17/h5,10-11H,3-4,6-8,17H2,1-2H3. The zero-order valence-electron chi connectivity index (χ0n) is 11.9. The third-order valence-corrected chi connectivity index (χ3v) is 4.55. The largest absolute Gasteiger partial charge is 0.381 e. The summed E-state index contributed by atoms with van der Waals surface area (Å²) in [5, 5.41) is 1.16. The number of pyridine rings is 1. The van der Waals surface area contributed by atoms with Crippen LogP contribution in [0.1, 0.15) is 24.1 Å². The van der Waals surface area contributed by atoms with Crippen LogP contribution in [0, 0.1) is 6.92 Å². The van der Waals surface area contributed by atoms with Gasteiger partial charge in [0.25, 0.3) is 0 Å². The molecule has 0 saturated carbocycles. The predicted molar refractivity (Wildman–Crippen MR) is 82.3 cm³/mol. The first-order chi connectivity index (χ1) is 9.55. The van der Waals surface area contributed by atoms with Crippen LogP contribution in [0.25, 0.3) is 0 Å². The van der Waals surface area contributed by atoms with Crippen LogP contribution in [-0.2, 0) is 11.3 Å². The van der Waals surface area contributed by atoms with Gasteiger partial charge in [0.05, 0.1) is 6.10 Å². The van der Waals surface area contributed by atoms with Crippen LogP contribution in [0.3, 0.4) is 0 Å². The van der Waals surface area contributed by atoms with Gasteiger partial charge in [0.1, 0.15) is 5.15 Å². The van der Waals surface area contributed by atoms with Crippen LogP contribution in [0.5, 0.6) is 0 Å². The van der Waals surface area contributed by atoms with E-state index in [2.05, 4.69) is 9.88 Å². The molecular weight excluding hydrogens is 297 g/mol. The van der Waals surface area contributed by atoms with Crippen molar-refractivity contribution >= 4 is 23.2 Å². The quantitative estimate of drug-likeness (QED) is 0.867. The lowest BCUT2D eigenvalue weighted by Crippen LogP contribution is -2.48. The molecule has 1 aliphatic heterocycles. The highest BCUT2D eigenvalue weighted by Crippen LogP contribution is 2.28. The molecule has 20 heavy (non-hydrogen) atoms. The van der Waals surface area contributed by atoms with Crippen molar-refractivity contribution in [1.29, 1.82) is 0 Å². The Morgan fingerprint density at radius 2 is 2.25 bits per heavy atom. The summed E-state index contributed by atoms with van der Waals surface area (Å²) in [6.45, 7) is 4.10. The van der Waals surface area contributed by atoms with Gasteiger partial charge in [0, 0.05) is 49.1 Å². The second-order valence-electron chi connectivity index (χ2n) is 5.26. The van der Waals surface area contributed by atoms with Gasteiger partial charge >= 0.3 is 0 Å². The van der Waals surface area contributed by atoms with Crippen LogP contribution in [-0.4, -0.2) is 42.2 Å². The second-order valence-corrected chi connectivity index (χ2v) is 6.02. The first-order valence-corrected chi connectivity index (χ1v) is 7.59. The molecule has 2 atom stereocenters. The Kier molecular flexibility index (Phi) is 5.64. The smallest absolute Gasteiger partial charge is 0.135 e. The predicted octanol–water partition coefficient (Wildman–Crippen LogP) is 2.63. The summed E-state index contributed by atoms with van der Waals surface area (Å²) in [7, 11) is 1.76. The van der Waals surface area contributed by atoms with Crippen molar-refractivity contribution in [3.8, 4) is 0 Å². The number of aromatic nitrogens is 1. The van der Waals surface area contributed by atoms with Crippen LogP contribution in [0.15, 0.2) is 6.07 Å². The molecule has 0 aromatic carbocycles. The average Bonchev–Trinajstić information content (AvgIpc) is 2.42. The molecule has 4 nitrogen and oxygen atoms in total. The minimum absolute atomic E-state index is 0.293. The summed E-state index contributed by atoms with van der Waals surface area (Å²) in [6.07, 6.45) is 2.24. The summed E-state index contributed by atoms with van der Waals surface area (Å²) in [4.78, 5) is 6.60. The first-order valence-electron chi connectivity index (χ1n) is 6.83. The number of methoxy groups -OCH3 is 1. The first kappa shape index (κ1) is 16.0. The van der Waals surface area contributed by atoms with Gasteiger partial charge in [0.2, 0.25) is 0 Å². The monoisotopic (exact) mass is 317 g/mol. The van der Waals surface area contributed by atoms with E-state index in [4.69, 9.17) is 33.7 Å². The molecular formula is C14H21Cl2N3O. The van der Waals surface area contributed by atoms with Gasteiger partial charge in [-0.25, -0.2) is 4.98 Å². The van der Waals surface area contributed by atoms with Crippen LogP contribution >= 0.6 is 23.2 Å². The van der Waals surface area contributed by atoms with Crippen molar-refractivity contribution in [1.82, 2.24) is 9.88 Å². The topological polar surface area (TPSA) is 51.4 Å². The lowest BCUT2D eigenvalue weighted by molar-refractivity contribution is 0.0102. The van der Waals surface area contributed by atoms with E-state index in [0.29, 0.717) is 35.4 Å². The summed E-state index contributed by atoms with van der Waals surface area (Å²) in [6, 6.07) is 2.14. The number of ether oxygens (including phenoxy) is 1. The van der Waals surface area contributed by atoms with E-state index in [-0.39, 0.29) is 0 Å². The van der Waals surface area contributed by atoms with Crippen molar-refractivity contribution in [3.05, 3.63) is 27.5 Å². The molecule has 0 spiro atoms. The maximum atomic E-state index is 6.29. The molecule has 1 aromatic rings. The maximum Gasteiger partial charge on any atom is 0.135 e. The Morgan fingerprint density at radius 1 is 1.50 bits per heavy atom. The maximum absolute atomic E-state index is 6.29. The second kappa shape index (κ2) is 7.05. The molecule has 0 aliphatic carbocycles. The lowest BCUT2D eigenvalue weighted by atomic mass is 9.98. The number of nitrogens with zero attached hydrogens (tertiary/aromatic N) is 2. The van der Waals surface area contributed by atoms with Gasteiger partial charge in [-0.15, -0.1) is 0 Å². The van der Waals surface area contributed by atoms with E-state index in [1.807, 2.05) is 13.0 Å². The molecule has 112 valence electrons. The van der Waals surface area contributed by atoms with Crippen molar-refractivity contribution in [3.63, 3.8) is 0 Å². The van der Waals surface area contributed by atoms with E-state index in [1.165, 1.54) is 0 Å². The Balaban J connectivity index is 2.13. The Hall–Kier alpha value is -0.390. The molecule has 0 bridgehead atoms. The number of halogens is 2. The number of piperidine rings is 1. The van der Waals surface area contributed by atoms with Gasteiger partial charge in [-0.3, -0.25) is 4.90 Å². The summed E-state index contributed by atoms with van der Waals surface area (Å²) in [5.74, 6) is 0. The average molecular weight is 318 g/mol. The van der Waals surface area contributed by atoms with Gasteiger partial charge < -0.3 is 10.5 Å². The highest BCUT2D eigenvalue weighted by atomic mass is 35.5. The lowest BCUT2D eigenvalue weighted by Gasteiger charge is -2.38. The van der Waals surface area contributed by atoms with Gasteiger partial charge in [-0.1, -0.05) is 23.2 Å². The molecule has 2 rings (SSSR count). The van der Waals surface area contributed by atoms with Gasteiger partial charge in [-0.05, 0) is 25.8 Å². The fourth-order valence-corrected chi connectivity index (χ4v) is 3.35. The number of aryl methyl sites for hydroxylation is 1. The van der Waals surface area contributed by atoms with Crippen molar-refractivity contribution in [2.75, 3.05) is 20.2 Å². The molecule has 1 fully saturated rings. The van der Waals surface area contributed by atoms with Crippen molar-refractivity contribution < 1.29 is 4.74 Å². The number of hydrogen-bond donors (Lipinski definition) is 1. The normalized spacial score (nSPS) is 24.1. The van der Waals surface area contributed by atoms with E-state index < -0.39 is 0 Å². The van der Waals surface area contributed by atoms with Crippen LogP contribution in [0.2, 0.25) is 10.2 Å². The molecule has 1 saturated heterocycles. The molecule has 2 N–H and O–H groups in total. The van der Waals surface area contributed by atoms with Gasteiger partial charge in [0.15, 0.2) is 0 Å². The Bertz CT molecular complexity index is 447. The van der Waals surface area contributed by atoms with Crippen LogP contribution in [0.4, 0.5) is 0 Å². The Morgan fingerprint density at radius 3 is 2.85 bits per heavy atom. The number of hydrogen-bond acceptors (Lipinski definition) is 4. The summed E-state index contributed by atoms with van der Waals surface area (Å²) in [5.41, 5.74) is 7.60. The highest BCUT2D eigenvalue weighted by molar-refractivity contribution is 6.35. The SMILES string of the molecule is COC1CCN(Cc2c(Cl)cc(C)nc2Cl)C(CN)C1. The molecule has 1 aromatic heterocycles. The third-order valence-electron chi connectivity index (χ3n) is 3.90. The molecule has 1 aliphatic rings. The number of nitrogens with two attached hydrogens (primary N) is 1. The molecule has 6 heteroatoms.